The second-order valence-electron chi connectivity index (χ2n) is 3.29. The Morgan fingerprint density at radius 3 is 2.50 bits per heavy atom. The standard InChI is InChI=1S/C12H19NO3/c1-4-16-12(8-13)10-7-9(14-2)5-6-11(10)15-3/h5-7,12H,4,8,13H2,1-3H3/t12-/m1/s1. The molecule has 4 nitrogen and oxygen atoms in total. The minimum absolute atomic E-state index is 0.157. The monoisotopic (exact) mass is 225 g/mol. The summed E-state index contributed by atoms with van der Waals surface area (Å²) in [5.74, 6) is 1.54. The first-order valence-electron chi connectivity index (χ1n) is 5.30. The van der Waals surface area contributed by atoms with Crippen LogP contribution in [0.2, 0.25) is 0 Å². The van der Waals surface area contributed by atoms with E-state index in [0.717, 1.165) is 17.1 Å². The molecule has 2 N–H and O–H groups in total. The van der Waals surface area contributed by atoms with Crippen molar-refractivity contribution in [2.24, 2.45) is 5.73 Å². The second-order valence-corrected chi connectivity index (χ2v) is 3.29. The molecule has 0 saturated carbocycles. The summed E-state index contributed by atoms with van der Waals surface area (Å²) in [7, 11) is 3.26. The van der Waals surface area contributed by atoms with Crippen LogP contribution in [0.25, 0.3) is 0 Å². The zero-order chi connectivity index (χ0) is 12.0. The number of hydrogen-bond donors (Lipinski definition) is 1. The molecule has 0 aliphatic heterocycles. The van der Waals surface area contributed by atoms with Gasteiger partial charge in [-0.3, -0.25) is 0 Å². The van der Waals surface area contributed by atoms with E-state index in [-0.39, 0.29) is 6.10 Å². The van der Waals surface area contributed by atoms with Gasteiger partial charge in [0.1, 0.15) is 11.5 Å². The van der Waals surface area contributed by atoms with Gasteiger partial charge in [-0.25, -0.2) is 0 Å². The van der Waals surface area contributed by atoms with Crippen molar-refractivity contribution in [1.29, 1.82) is 0 Å². The molecule has 0 spiro atoms. The molecular formula is C12H19NO3. The fourth-order valence-corrected chi connectivity index (χ4v) is 1.58. The number of methoxy groups -OCH3 is 2. The highest BCUT2D eigenvalue weighted by atomic mass is 16.5. The summed E-state index contributed by atoms with van der Waals surface area (Å²) in [4.78, 5) is 0. The lowest BCUT2D eigenvalue weighted by atomic mass is 10.1. The molecule has 1 aromatic carbocycles. The van der Waals surface area contributed by atoms with Gasteiger partial charge >= 0.3 is 0 Å². The van der Waals surface area contributed by atoms with Crippen molar-refractivity contribution in [3.63, 3.8) is 0 Å². The lowest BCUT2D eigenvalue weighted by Crippen LogP contribution is -2.16. The van der Waals surface area contributed by atoms with Gasteiger partial charge in [-0.15, -0.1) is 0 Å². The van der Waals surface area contributed by atoms with Gasteiger partial charge in [0.05, 0.1) is 20.3 Å². The van der Waals surface area contributed by atoms with Crippen molar-refractivity contribution >= 4 is 0 Å². The van der Waals surface area contributed by atoms with Crippen molar-refractivity contribution in [3.05, 3.63) is 23.8 Å². The van der Waals surface area contributed by atoms with E-state index in [9.17, 15) is 0 Å². The fraction of sp³-hybridized carbons (Fsp3) is 0.500. The van der Waals surface area contributed by atoms with Gasteiger partial charge in [0.15, 0.2) is 0 Å². The molecular weight excluding hydrogens is 206 g/mol. The molecule has 1 atom stereocenters. The van der Waals surface area contributed by atoms with Gasteiger partial charge in [0.25, 0.3) is 0 Å². The Balaban J connectivity index is 3.05. The quantitative estimate of drug-likeness (QED) is 0.801. The van der Waals surface area contributed by atoms with E-state index >= 15 is 0 Å². The SMILES string of the molecule is CCO[C@H](CN)c1cc(OC)ccc1OC. The molecule has 1 aromatic rings. The average Bonchev–Trinajstić information content (AvgIpc) is 2.35. The largest absolute Gasteiger partial charge is 0.497 e. The molecule has 0 aliphatic carbocycles. The molecule has 0 amide bonds. The van der Waals surface area contributed by atoms with Crippen molar-refractivity contribution in [2.75, 3.05) is 27.4 Å². The third-order valence-electron chi connectivity index (χ3n) is 2.37. The summed E-state index contributed by atoms with van der Waals surface area (Å²) in [6.45, 7) is 2.97. The maximum Gasteiger partial charge on any atom is 0.124 e. The van der Waals surface area contributed by atoms with E-state index in [4.69, 9.17) is 19.9 Å². The van der Waals surface area contributed by atoms with Gasteiger partial charge in [-0.2, -0.15) is 0 Å². The van der Waals surface area contributed by atoms with Crippen LogP contribution in [0.1, 0.15) is 18.6 Å². The minimum Gasteiger partial charge on any atom is -0.497 e. The lowest BCUT2D eigenvalue weighted by Gasteiger charge is -2.18. The Kier molecular flexibility index (Phi) is 5.08. The summed E-state index contributed by atoms with van der Waals surface area (Å²) in [5, 5.41) is 0. The van der Waals surface area contributed by atoms with Crippen LogP contribution in [0.3, 0.4) is 0 Å². The lowest BCUT2D eigenvalue weighted by molar-refractivity contribution is 0.0668. The Labute approximate surface area is 96.3 Å². The van der Waals surface area contributed by atoms with Crippen LogP contribution in [0, 0.1) is 0 Å². The molecule has 1 rings (SSSR count). The van der Waals surface area contributed by atoms with Gasteiger partial charge in [0.2, 0.25) is 0 Å². The molecule has 16 heavy (non-hydrogen) atoms. The third kappa shape index (κ3) is 2.87. The van der Waals surface area contributed by atoms with Gasteiger partial charge in [-0.05, 0) is 25.1 Å². The first-order chi connectivity index (χ1) is 7.76. The average molecular weight is 225 g/mol. The van der Waals surface area contributed by atoms with Crippen LogP contribution in [-0.2, 0) is 4.74 Å². The molecule has 0 bridgehead atoms. The van der Waals surface area contributed by atoms with E-state index in [2.05, 4.69) is 0 Å². The normalized spacial score (nSPS) is 12.2. The van der Waals surface area contributed by atoms with E-state index in [1.807, 2.05) is 25.1 Å². The summed E-state index contributed by atoms with van der Waals surface area (Å²) < 4.78 is 16.0. The second kappa shape index (κ2) is 6.35. The molecule has 0 fully saturated rings. The van der Waals surface area contributed by atoms with Crippen LogP contribution in [0.4, 0.5) is 0 Å². The third-order valence-corrected chi connectivity index (χ3v) is 2.37. The smallest absolute Gasteiger partial charge is 0.124 e. The van der Waals surface area contributed by atoms with E-state index in [1.54, 1.807) is 14.2 Å². The maximum absolute atomic E-state index is 5.68. The number of ether oxygens (including phenoxy) is 3. The highest BCUT2D eigenvalue weighted by molar-refractivity contribution is 5.41. The molecule has 0 radical (unpaired) electrons. The van der Waals surface area contributed by atoms with Crippen molar-refractivity contribution < 1.29 is 14.2 Å². The maximum atomic E-state index is 5.68. The van der Waals surface area contributed by atoms with E-state index in [0.29, 0.717) is 13.2 Å². The van der Waals surface area contributed by atoms with Crippen LogP contribution >= 0.6 is 0 Å². The summed E-state index contributed by atoms with van der Waals surface area (Å²) in [5.41, 5.74) is 6.61. The first-order valence-corrected chi connectivity index (χ1v) is 5.30. The fourth-order valence-electron chi connectivity index (χ4n) is 1.58. The van der Waals surface area contributed by atoms with Crippen molar-refractivity contribution in [2.45, 2.75) is 13.0 Å². The Morgan fingerprint density at radius 2 is 2.00 bits per heavy atom. The Bertz CT molecular complexity index is 328. The van der Waals surface area contributed by atoms with Gasteiger partial charge in [0, 0.05) is 18.7 Å². The Hall–Kier alpha value is -1.26. The topological polar surface area (TPSA) is 53.7 Å². The van der Waals surface area contributed by atoms with Gasteiger partial charge in [-0.1, -0.05) is 0 Å². The Morgan fingerprint density at radius 1 is 1.25 bits per heavy atom. The number of rotatable bonds is 6. The zero-order valence-corrected chi connectivity index (χ0v) is 10.0. The highest BCUT2D eigenvalue weighted by Gasteiger charge is 2.15. The van der Waals surface area contributed by atoms with Crippen LogP contribution < -0.4 is 15.2 Å². The molecule has 0 aliphatic rings. The summed E-state index contributed by atoms with van der Waals surface area (Å²) >= 11 is 0. The predicted molar refractivity (Wildman–Crippen MR) is 63.0 cm³/mol. The summed E-state index contributed by atoms with van der Waals surface area (Å²) in [6, 6.07) is 5.60. The number of hydrogen-bond acceptors (Lipinski definition) is 4. The van der Waals surface area contributed by atoms with E-state index < -0.39 is 0 Å². The molecule has 0 saturated heterocycles. The number of nitrogens with two attached hydrogens (primary N) is 1. The zero-order valence-electron chi connectivity index (χ0n) is 10.0. The molecule has 90 valence electrons. The molecule has 0 unspecified atom stereocenters. The highest BCUT2D eigenvalue weighted by Crippen LogP contribution is 2.30. The van der Waals surface area contributed by atoms with Crippen LogP contribution in [0.5, 0.6) is 11.5 Å². The molecule has 4 heteroatoms. The predicted octanol–water partition coefficient (Wildman–Crippen LogP) is 1.74. The number of benzene rings is 1. The first kappa shape index (κ1) is 12.8. The van der Waals surface area contributed by atoms with E-state index in [1.165, 1.54) is 0 Å². The minimum atomic E-state index is -0.157. The van der Waals surface area contributed by atoms with Crippen molar-refractivity contribution in [3.8, 4) is 11.5 Å². The summed E-state index contributed by atoms with van der Waals surface area (Å²) in [6.07, 6.45) is -0.157. The molecule has 0 aromatic heterocycles. The van der Waals surface area contributed by atoms with Crippen LogP contribution in [0.15, 0.2) is 18.2 Å². The van der Waals surface area contributed by atoms with Crippen LogP contribution in [-0.4, -0.2) is 27.4 Å². The van der Waals surface area contributed by atoms with Gasteiger partial charge < -0.3 is 19.9 Å². The molecule has 0 heterocycles. The van der Waals surface area contributed by atoms with Crippen molar-refractivity contribution in [1.82, 2.24) is 0 Å².